The van der Waals surface area contributed by atoms with Crippen LogP contribution in [0.15, 0.2) is 18.5 Å². The molecule has 0 aromatic carbocycles. The topological polar surface area (TPSA) is 97.0 Å². The second-order valence-electron chi connectivity index (χ2n) is 5.51. The van der Waals surface area contributed by atoms with Crippen LogP contribution in [0.4, 0.5) is 11.1 Å². The minimum Gasteiger partial charge on any atom is -0.333 e. The Morgan fingerprint density at radius 1 is 1.48 bits per heavy atom. The molecule has 23 heavy (non-hydrogen) atoms. The van der Waals surface area contributed by atoms with E-state index in [0.717, 1.165) is 41.5 Å². The summed E-state index contributed by atoms with van der Waals surface area (Å²) in [6.45, 7) is 2.77. The van der Waals surface area contributed by atoms with Gasteiger partial charge in [-0.2, -0.15) is 0 Å². The molecule has 0 spiro atoms. The zero-order valence-electron chi connectivity index (χ0n) is 13.0. The molecule has 8 heteroatoms. The first-order valence-electron chi connectivity index (χ1n) is 7.69. The number of nitrogens with two attached hydrogens (primary N) is 1. The summed E-state index contributed by atoms with van der Waals surface area (Å²) in [6.07, 6.45) is 6.51. The van der Waals surface area contributed by atoms with Crippen LogP contribution < -0.4 is 11.1 Å². The summed E-state index contributed by atoms with van der Waals surface area (Å²) in [5.41, 5.74) is 6.38. The van der Waals surface area contributed by atoms with E-state index in [4.69, 9.17) is 5.73 Å². The quantitative estimate of drug-likeness (QED) is 0.889. The molecule has 1 aliphatic rings. The molecule has 3 rings (SSSR count). The van der Waals surface area contributed by atoms with Crippen molar-refractivity contribution in [3.8, 4) is 0 Å². The predicted octanol–water partition coefficient (Wildman–Crippen LogP) is 2.00. The lowest BCUT2D eigenvalue weighted by atomic mass is 9.99. The third-order valence-electron chi connectivity index (χ3n) is 3.86. The van der Waals surface area contributed by atoms with Gasteiger partial charge in [0.25, 0.3) is 0 Å². The highest BCUT2D eigenvalue weighted by molar-refractivity contribution is 7.15. The van der Waals surface area contributed by atoms with Gasteiger partial charge in [-0.3, -0.25) is 4.79 Å². The number of thiazole rings is 1. The number of piperidine rings is 1. The van der Waals surface area contributed by atoms with E-state index in [1.807, 2.05) is 17.9 Å². The van der Waals surface area contributed by atoms with Gasteiger partial charge in [-0.25, -0.2) is 15.0 Å². The molecule has 0 bridgehead atoms. The van der Waals surface area contributed by atoms with Crippen molar-refractivity contribution in [1.82, 2.24) is 19.9 Å². The van der Waals surface area contributed by atoms with E-state index in [1.54, 1.807) is 23.7 Å². The lowest BCUT2D eigenvalue weighted by Gasteiger charge is -2.35. The number of amides is 1. The van der Waals surface area contributed by atoms with Crippen LogP contribution in [-0.2, 0) is 4.79 Å². The lowest BCUT2D eigenvalue weighted by molar-refractivity contribution is -0.133. The van der Waals surface area contributed by atoms with Crippen LogP contribution in [-0.4, -0.2) is 38.8 Å². The Bertz CT molecular complexity index is 688. The number of nitrogens with one attached hydrogen (secondary N) is 1. The van der Waals surface area contributed by atoms with Crippen molar-refractivity contribution in [1.29, 1.82) is 0 Å². The molecule has 0 aliphatic carbocycles. The van der Waals surface area contributed by atoms with Crippen LogP contribution in [0, 0.1) is 6.92 Å². The minimum absolute atomic E-state index is 0.0265. The van der Waals surface area contributed by atoms with Crippen molar-refractivity contribution >= 4 is 28.3 Å². The fourth-order valence-electron chi connectivity index (χ4n) is 2.78. The molecule has 3 heterocycles. The van der Waals surface area contributed by atoms with Crippen molar-refractivity contribution in [2.45, 2.75) is 32.2 Å². The number of hydrogen-bond acceptors (Lipinski definition) is 7. The lowest BCUT2D eigenvalue weighted by Crippen LogP contribution is -2.42. The van der Waals surface area contributed by atoms with Gasteiger partial charge in [0.2, 0.25) is 11.9 Å². The van der Waals surface area contributed by atoms with Crippen LogP contribution in [0.1, 0.15) is 35.9 Å². The zero-order valence-corrected chi connectivity index (χ0v) is 13.8. The Morgan fingerprint density at radius 3 is 3.09 bits per heavy atom. The number of anilines is 2. The fourth-order valence-corrected chi connectivity index (χ4v) is 3.44. The molecule has 1 saturated heterocycles. The molecule has 2 aromatic rings. The van der Waals surface area contributed by atoms with Crippen LogP contribution in [0.2, 0.25) is 0 Å². The van der Waals surface area contributed by atoms with E-state index in [-0.39, 0.29) is 18.5 Å². The van der Waals surface area contributed by atoms with Crippen molar-refractivity contribution in [2.24, 2.45) is 5.73 Å². The van der Waals surface area contributed by atoms with Gasteiger partial charge < -0.3 is 16.0 Å². The Labute approximate surface area is 139 Å². The molecular formula is C15H20N6OS. The van der Waals surface area contributed by atoms with Crippen LogP contribution in [0.25, 0.3) is 0 Å². The summed E-state index contributed by atoms with van der Waals surface area (Å²) in [7, 11) is 0. The summed E-state index contributed by atoms with van der Waals surface area (Å²) < 4.78 is 0. The largest absolute Gasteiger partial charge is 0.333 e. The smallest absolute Gasteiger partial charge is 0.236 e. The highest BCUT2D eigenvalue weighted by atomic mass is 32.1. The highest BCUT2D eigenvalue weighted by Gasteiger charge is 2.28. The molecule has 2 aromatic heterocycles. The molecule has 1 unspecified atom stereocenters. The van der Waals surface area contributed by atoms with Crippen molar-refractivity contribution in [3.63, 3.8) is 0 Å². The van der Waals surface area contributed by atoms with Crippen molar-refractivity contribution in [2.75, 3.05) is 18.4 Å². The summed E-state index contributed by atoms with van der Waals surface area (Å²) in [4.78, 5) is 28.1. The first-order chi connectivity index (χ1) is 11.2. The van der Waals surface area contributed by atoms with Gasteiger partial charge in [0.05, 0.1) is 18.3 Å². The monoisotopic (exact) mass is 332 g/mol. The van der Waals surface area contributed by atoms with Gasteiger partial charge in [0.1, 0.15) is 0 Å². The van der Waals surface area contributed by atoms with Gasteiger partial charge in [0.15, 0.2) is 5.13 Å². The first kappa shape index (κ1) is 15.8. The number of aromatic nitrogens is 3. The Hall–Kier alpha value is -2.06. The molecule has 122 valence electrons. The number of carbonyl (C=O) groups is 1. The number of carbonyl (C=O) groups excluding carboxylic acids is 1. The van der Waals surface area contributed by atoms with E-state index in [9.17, 15) is 4.79 Å². The second kappa shape index (κ2) is 7.01. The number of nitrogens with zero attached hydrogens (tertiary/aromatic N) is 4. The average Bonchev–Trinajstić information content (AvgIpc) is 2.99. The molecule has 1 fully saturated rings. The van der Waals surface area contributed by atoms with Gasteiger partial charge in [-0.1, -0.05) is 0 Å². The van der Waals surface area contributed by atoms with Crippen molar-refractivity contribution < 1.29 is 4.79 Å². The summed E-state index contributed by atoms with van der Waals surface area (Å²) >= 11 is 1.55. The molecular weight excluding hydrogens is 312 g/mol. The summed E-state index contributed by atoms with van der Waals surface area (Å²) in [5.74, 6) is 0.473. The van der Waals surface area contributed by atoms with Crippen molar-refractivity contribution in [3.05, 3.63) is 29.0 Å². The molecule has 1 aliphatic heterocycles. The number of hydrogen-bond donors (Lipinski definition) is 2. The van der Waals surface area contributed by atoms with E-state index in [2.05, 4.69) is 20.3 Å². The molecule has 1 amide bonds. The Kier molecular flexibility index (Phi) is 4.82. The first-order valence-corrected chi connectivity index (χ1v) is 8.51. The number of rotatable bonds is 4. The standard InChI is InChI=1S/C15H20N6OS/c1-10-9-18-15(23-10)20-14-17-6-5-11(19-14)12-4-2-3-7-21(12)13(22)8-16/h5-6,9,12H,2-4,7-8,16H2,1H3,(H,17,18,19,20). The Balaban J connectivity index is 1.81. The maximum absolute atomic E-state index is 12.1. The molecule has 1 atom stereocenters. The van der Waals surface area contributed by atoms with Gasteiger partial charge in [-0.05, 0) is 32.3 Å². The number of aryl methyl sites for hydroxylation is 1. The fraction of sp³-hybridized carbons (Fsp3) is 0.467. The third kappa shape index (κ3) is 3.65. The minimum atomic E-state index is -0.0293. The third-order valence-corrected chi connectivity index (χ3v) is 4.68. The second-order valence-corrected chi connectivity index (χ2v) is 6.74. The normalized spacial score (nSPS) is 18.0. The number of likely N-dealkylation sites (tertiary alicyclic amines) is 1. The predicted molar refractivity (Wildman–Crippen MR) is 89.5 cm³/mol. The van der Waals surface area contributed by atoms with E-state index >= 15 is 0 Å². The Morgan fingerprint density at radius 2 is 2.35 bits per heavy atom. The van der Waals surface area contributed by atoms with E-state index < -0.39 is 0 Å². The molecule has 0 saturated carbocycles. The van der Waals surface area contributed by atoms with Gasteiger partial charge in [0, 0.05) is 23.8 Å². The zero-order chi connectivity index (χ0) is 16.2. The molecule has 0 radical (unpaired) electrons. The van der Waals surface area contributed by atoms with Crippen LogP contribution in [0.3, 0.4) is 0 Å². The summed E-state index contributed by atoms with van der Waals surface area (Å²) in [5, 5.41) is 3.88. The van der Waals surface area contributed by atoms with E-state index in [0.29, 0.717) is 5.95 Å². The average molecular weight is 332 g/mol. The highest BCUT2D eigenvalue weighted by Crippen LogP contribution is 2.30. The maximum Gasteiger partial charge on any atom is 0.236 e. The molecule has 7 nitrogen and oxygen atoms in total. The van der Waals surface area contributed by atoms with Crippen LogP contribution >= 0.6 is 11.3 Å². The van der Waals surface area contributed by atoms with Crippen LogP contribution in [0.5, 0.6) is 0 Å². The van der Waals surface area contributed by atoms with E-state index in [1.165, 1.54) is 0 Å². The summed E-state index contributed by atoms with van der Waals surface area (Å²) in [6, 6.07) is 1.84. The van der Waals surface area contributed by atoms with Gasteiger partial charge >= 0.3 is 0 Å². The van der Waals surface area contributed by atoms with Gasteiger partial charge in [-0.15, -0.1) is 11.3 Å². The maximum atomic E-state index is 12.1. The SMILES string of the molecule is Cc1cnc(Nc2nccc(C3CCCCN3C(=O)CN)n2)s1. The molecule has 3 N–H and O–H groups in total.